The number of hydrogen-bond donors (Lipinski definition) is 2. The van der Waals surface area contributed by atoms with E-state index in [2.05, 4.69) is 5.32 Å². The summed E-state index contributed by atoms with van der Waals surface area (Å²) in [7, 11) is 0. The van der Waals surface area contributed by atoms with Crippen LogP contribution in [0.1, 0.15) is 51.9 Å². The smallest absolute Gasteiger partial charge is 0.220 e. The quantitative estimate of drug-likeness (QED) is 0.705. The van der Waals surface area contributed by atoms with Crippen molar-refractivity contribution in [3.8, 4) is 0 Å². The van der Waals surface area contributed by atoms with Gasteiger partial charge in [-0.2, -0.15) is 0 Å². The number of amides is 1. The number of carbonyl (C=O) groups is 1. The van der Waals surface area contributed by atoms with Gasteiger partial charge >= 0.3 is 0 Å². The van der Waals surface area contributed by atoms with Crippen LogP contribution in [0.25, 0.3) is 0 Å². The third kappa shape index (κ3) is 5.17. The minimum absolute atomic E-state index is 0.197. The molecule has 0 bridgehead atoms. The van der Waals surface area contributed by atoms with Crippen molar-refractivity contribution in [1.82, 2.24) is 5.32 Å². The number of hydrogen-bond acceptors (Lipinski definition) is 2. The van der Waals surface area contributed by atoms with Gasteiger partial charge in [0.15, 0.2) is 0 Å². The van der Waals surface area contributed by atoms with Gasteiger partial charge < -0.3 is 11.1 Å². The Bertz CT molecular complexity index is 188. The molecule has 1 aliphatic rings. The van der Waals surface area contributed by atoms with E-state index in [4.69, 9.17) is 5.73 Å². The molecular formula is C12H24N2O. The third-order valence-corrected chi connectivity index (χ3v) is 3.26. The summed E-state index contributed by atoms with van der Waals surface area (Å²) >= 11 is 0. The van der Waals surface area contributed by atoms with Crippen LogP contribution in [-0.4, -0.2) is 18.5 Å². The second-order valence-corrected chi connectivity index (χ2v) is 4.74. The van der Waals surface area contributed by atoms with Crippen LogP contribution in [0.4, 0.5) is 0 Å². The van der Waals surface area contributed by atoms with Crippen LogP contribution in [0.5, 0.6) is 0 Å². The zero-order chi connectivity index (χ0) is 11.1. The summed E-state index contributed by atoms with van der Waals surface area (Å²) in [6.45, 7) is 2.66. The first kappa shape index (κ1) is 12.5. The topological polar surface area (TPSA) is 55.1 Å². The number of nitrogens with one attached hydrogen (secondary N) is 1. The monoisotopic (exact) mass is 212 g/mol. The summed E-state index contributed by atoms with van der Waals surface area (Å²) in [6, 6.07) is 0.228. The molecule has 0 saturated heterocycles. The minimum Gasteiger partial charge on any atom is -0.354 e. The highest BCUT2D eigenvalue weighted by Crippen LogP contribution is 2.28. The van der Waals surface area contributed by atoms with E-state index < -0.39 is 0 Å². The summed E-state index contributed by atoms with van der Waals surface area (Å²) in [5.74, 6) is 1.00. The Morgan fingerprint density at radius 3 is 2.73 bits per heavy atom. The predicted octanol–water partition coefficient (Wildman–Crippen LogP) is 1.81. The second kappa shape index (κ2) is 6.83. The van der Waals surface area contributed by atoms with Crippen molar-refractivity contribution < 1.29 is 4.79 Å². The van der Waals surface area contributed by atoms with Gasteiger partial charge in [-0.15, -0.1) is 0 Å². The molecule has 15 heavy (non-hydrogen) atoms. The summed E-state index contributed by atoms with van der Waals surface area (Å²) in [4.78, 5) is 11.5. The van der Waals surface area contributed by atoms with E-state index in [-0.39, 0.29) is 11.9 Å². The summed E-state index contributed by atoms with van der Waals surface area (Å²) in [6.07, 6.45) is 8.00. The lowest BCUT2D eigenvalue weighted by molar-refractivity contribution is -0.122. The predicted molar refractivity (Wildman–Crippen MR) is 62.5 cm³/mol. The van der Waals surface area contributed by atoms with E-state index in [0.717, 1.165) is 18.8 Å². The van der Waals surface area contributed by atoms with Crippen molar-refractivity contribution in [2.45, 2.75) is 57.9 Å². The molecule has 1 fully saturated rings. The Morgan fingerprint density at radius 1 is 1.47 bits per heavy atom. The molecule has 0 aliphatic heterocycles. The molecule has 1 rings (SSSR count). The van der Waals surface area contributed by atoms with Crippen molar-refractivity contribution in [3.63, 3.8) is 0 Å². The van der Waals surface area contributed by atoms with Crippen LogP contribution >= 0.6 is 0 Å². The summed E-state index contributed by atoms with van der Waals surface area (Å²) < 4.78 is 0. The highest BCUT2D eigenvalue weighted by Gasteiger charge is 2.16. The zero-order valence-electron chi connectivity index (χ0n) is 9.80. The molecule has 1 amide bonds. The number of nitrogens with two attached hydrogens (primary N) is 1. The molecule has 0 spiro atoms. The van der Waals surface area contributed by atoms with Crippen LogP contribution in [0.3, 0.4) is 0 Å². The van der Waals surface area contributed by atoms with E-state index in [1.54, 1.807) is 0 Å². The summed E-state index contributed by atoms with van der Waals surface area (Å²) in [5, 5.41) is 2.99. The zero-order valence-corrected chi connectivity index (χ0v) is 9.80. The molecular weight excluding hydrogens is 188 g/mol. The molecule has 3 heteroatoms. The van der Waals surface area contributed by atoms with Crippen LogP contribution in [0.15, 0.2) is 0 Å². The highest BCUT2D eigenvalue weighted by atomic mass is 16.1. The Hall–Kier alpha value is -0.570. The van der Waals surface area contributed by atoms with Crippen molar-refractivity contribution in [3.05, 3.63) is 0 Å². The van der Waals surface area contributed by atoms with Crippen LogP contribution < -0.4 is 11.1 Å². The van der Waals surface area contributed by atoms with Crippen molar-refractivity contribution >= 4 is 5.91 Å². The fourth-order valence-corrected chi connectivity index (χ4v) is 2.30. The Morgan fingerprint density at radius 2 is 2.13 bits per heavy atom. The third-order valence-electron chi connectivity index (χ3n) is 3.26. The SMILES string of the molecule is CC(CCN)NC(=O)CCC1CCCC1. The molecule has 3 N–H and O–H groups in total. The lowest BCUT2D eigenvalue weighted by Crippen LogP contribution is -2.34. The lowest BCUT2D eigenvalue weighted by Gasteiger charge is -2.13. The molecule has 0 heterocycles. The molecule has 0 radical (unpaired) electrons. The van der Waals surface area contributed by atoms with Crippen molar-refractivity contribution in [2.75, 3.05) is 6.54 Å². The maximum absolute atomic E-state index is 11.5. The minimum atomic E-state index is 0.197. The van der Waals surface area contributed by atoms with Gasteiger partial charge in [0, 0.05) is 12.5 Å². The number of rotatable bonds is 6. The molecule has 0 aromatic rings. The van der Waals surface area contributed by atoms with Gasteiger partial charge in [0.2, 0.25) is 5.91 Å². The van der Waals surface area contributed by atoms with Crippen LogP contribution in [0, 0.1) is 5.92 Å². The molecule has 88 valence electrons. The molecule has 1 unspecified atom stereocenters. The van der Waals surface area contributed by atoms with Gasteiger partial charge in [0.05, 0.1) is 0 Å². The van der Waals surface area contributed by atoms with Gasteiger partial charge in [-0.1, -0.05) is 25.7 Å². The first-order valence-corrected chi connectivity index (χ1v) is 6.21. The second-order valence-electron chi connectivity index (χ2n) is 4.74. The molecule has 1 saturated carbocycles. The van der Waals surface area contributed by atoms with Crippen molar-refractivity contribution in [2.24, 2.45) is 11.7 Å². The van der Waals surface area contributed by atoms with Gasteiger partial charge in [0.1, 0.15) is 0 Å². The van der Waals surface area contributed by atoms with E-state index in [1.165, 1.54) is 25.7 Å². The van der Waals surface area contributed by atoms with Crippen LogP contribution in [0.2, 0.25) is 0 Å². The maximum Gasteiger partial charge on any atom is 0.220 e. The Balaban J connectivity index is 2.07. The molecule has 1 aliphatic carbocycles. The fraction of sp³-hybridized carbons (Fsp3) is 0.917. The van der Waals surface area contributed by atoms with Gasteiger partial charge in [-0.3, -0.25) is 4.79 Å². The largest absolute Gasteiger partial charge is 0.354 e. The Labute approximate surface area is 92.8 Å². The average Bonchev–Trinajstić information content (AvgIpc) is 2.67. The number of carbonyl (C=O) groups excluding carboxylic acids is 1. The van der Waals surface area contributed by atoms with E-state index >= 15 is 0 Å². The molecule has 3 nitrogen and oxygen atoms in total. The lowest BCUT2D eigenvalue weighted by atomic mass is 10.0. The maximum atomic E-state index is 11.5. The standard InChI is InChI=1S/C12H24N2O/c1-10(8-9-13)14-12(15)7-6-11-4-2-3-5-11/h10-11H,2-9,13H2,1H3,(H,14,15). The first-order chi connectivity index (χ1) is 7.22. The van der Waals surface area contributed by atoms with Gasteiger partial charge in [-0.25, -0.2) is 0 Å². The fourth-order valence-electron chi connectivity index (χ4n) is 2.30. The molecule has 0 aromatic heterocycles. The Kier molecular flexibility index (Phi) is 5.69. The van der Waals surface area contributed by atoms with Crippen molar-refractivity contribution in [1.29, 1.82) is 0 Å². The highest BCUT2D eigenvalue weighted by molar-refractivity contribution is 5.76. The molecule has 1 atom stereocenters. The van der Waals surface area contributed by atoms with E-state index in [1.807, 2.05) is 6.92 Å². The first-order valence-electron chi connectivity index (χ1n) is 6.21. The summed E-state index contributed by atoms with van der Waals surface area (Å²) in [5.41, 5.74) is 5.43. The molecule has 0 aromatic carbocycles. The normalized spacial score (nSPS) is 19.1. The van der Waals surface area contributed by atoms with Gasteiger partial charge in [0.25, 0.3) is 0 Å². The average molecular weight is 212 g/mol. The van der Waals surface area contributed by atoms with Gasteiger partial charge in [-0.05, 0) is 32.2 Å². The van der Waals surface area contributed by atoms with E-state index in [9.17, 15) is 4.79 Å². The van der Waals surface area contributed by atoms with Crippen LogP contribution in [-0.2, 0) is 4.79 Å². The van der Waals surface area contributed by atoms with E-state index in [0.29, 0.717) is 13.0 Å².